The molecule has 0 radical (unpaired) electrons. The molecule has 0 saturated heterocycles. The molecule has 0 aliphatic carbocycles. The van der Waals surface area contributed by atoms with Crippen LogP contribution < -0.4 is 9.05 Å². The fourth-order valence-corrected chi connectivity index (χ4v) is 6.98. The van der Waals surface area contributed by atoms with E-state index < -0.39 is 6.80 Å². The molecular weight excluding hydrogens is 423 g/mol. The molecule has 0 aromatic heterocycles. The highest BCUT2D eigenvalue weighted by atomic mass is 32.7. The number of para-hydroxylation sites is 2. The maximum Gasteiger partial charge on any atom is 0.497 e. The predicted octanol–water partition coefficient (Wildman–Crippen LogP) is 8.35. The molecule has 5 aromatic rings. The van der Waals surface area contributed by atoms with Crippen LogP contribution in [0.25, 0.3) is 21.5 Å². The third-order valence-electron chi connectivity index (χ3n) is 4.86. The van der Waals surface area contributed by atoms with Crippen LogP contribution in [-0.2, 0) is 4.57 Å². The van der Waals surface area contributed by atoms with Crippen molar-refractivity contribution >= 4 is 39.7 Å². The molecule has 0 aliphatic rings. The lowest BCUT2D eigenvalue weighted by Gasteiger charge is -2.20. The summed E-state index contributed by atoms with van der Waals surface area (Å²) in [4.78, 5) is 0.851. The van der Waals surface area contributed by atoms with Crippen molar-refractivity contribution in [3.05, 3.63) is 115 Å². The molecule has 5 rings (SSSR count). The molecule has 0 atom stereocenters. The summed E-state index contributed by atoms with van der Waals surface area (Å²) in [7, 11) is 0. The van der Waals surface area contributed by atoms with Gasteiger partial charge < -0.3 is 9.05 Å². The number of fused-ring (bicyclic) bond motifs is 3. The van der Waals surface area contributed by atoms with E-state index >= 15 is 0 Å². The lowest BCUT2D eigenvalue weighted by atomic mass is 10.0. The van der Waals surface area contributed by atoms with Gasteiger partial charge in [-0.15, -0.1) is 0 Å². The van der Waals surface area contributed by atoms with Gasteiger partial charge in [0.25, 0.3) is 0 Å². The van der Waals surface area contributed by atoms with Crippen LogP contribution in [0.15, 0.2) is 120 Å². The Balaban J connectivity index is 1.62. The molecule has 0 saturated carbocycles. The van der Waals surface area contributed by atoms with E-state index in [9.17, 15) is 4.57 Å². The average molecular weight is 442 g/mol. The van der Waals surface area contributed by atoms with E-state index in [1.165, 1.54) is 0 Å². The summed E-state index contributed by atoms with van der Waals surface area (Å²) < 4.78 is 26.0. The Bertz CT molecular complexity index is 1340. The second-order valence-electron chi connectivity index (χ2n) is 6.99. The van der Waals surface area contributed by atoms with Gasteiger partial charge in [-0.2, -0.15) is 0 Å². The van der Waals surface area contributed by atoms with Crippen LogP contribution in [0, 0.1) is 0 Å². The van der Waals surface area contributed by atoms with Crippen LogP contribution in [0.4, 0.5) is 0 Å². The molecule has 0 spiro atoms. The van der Waals surface area contributed by atoms with Crippen LogP contribution in [0.5, 0.6) is 11.5 Å². The van der Waals surface area contributed by atoms with E-state index in [4.69, 9.17) is 9.05 Å². The van der Waals surface area contributed by atoms with E-state index in [0.29, 0.717) is 11.5 Å². The largest absolute Gasteiger partial charge is 0.497 e. The second kappa shape index (κ2) is 8.50. The zero-order chi connectivity index (χ0) is 21.1. The topological polar surface area (TPSA) is 35.5 Å². The summed E-state index contributed by atoms with van der Waals surface area (Å²) in [5.74, 6) is 0.999. The monoisotopic (exact) mass is 442 g/mol. The Kier molecular flexibility index (Phi) is 5.42. The normalized spacial score (nSPS) is 11.5. The Morgan fingerprint density at radius 2 is 1.03 bits per heavy atom. The van der Waals surface area contributed by atoms with Gasteiger partial charge in [0.15, 0.2) is 0 Å². The number of rotatable bonds is 6. The van der Waals surface area contributed by atoms with Crippen molar-refractivity contribution < 1.29 is 13.6 Å². The van der Waals surface area contributed by atoms with E-state index in [0.717, 1.165) is 37.8 Å². The highest BCUT2D eigenvalue weighted by Crippen LogP contribution is 2.63. The Morgan fingerprint density at radius 3 is 1.65 bits per heavy atom. The zero-order valence-corrected chi connectivity index (χ0v) is 18.3. The molecule has 152 valence electrons. The average Bonchev–Trinajstić information content (AvgIpc) is 2.80. The van der Waals surface area contributed by atoms with Crippen molar-refractivity contribution in [3.63, 3.8) is 0 Å². The molecule has 0 N–H and O–H groups in total. The summed E-state index contributed by atoms with van der Waals surface area (Å²) in [6.07, 6.45) is 0. The summed E-state index contributed by atoms with van der Waals surface area (Å²) in [5.41, 5.74) is 0. The molecule has 31 heavy (non-hydrogen) atoms. The SMILES string of the molecule is O=P(Oc1ccccc1)(Oc1ccccc1)Sc1cc2ccccc2c2ccccc12. The molecule has 0 bridgehead atoms. The quantitative estimate of drug-likeness (QED) is 0.195. The van der Waals surface area contributed by atoms with Crippen LogP contribution >= 0.6 is 18.2 Å². The first-order valence-electron chi connectivity index (χ1n) is 9.90. The predicted molar refractivity (Wildman–Crippen MR) is 129 cm³/mol. The molecule has 5 heteroatoms. The molecular formula is C26H19O3PS. The number of benzene rings is 5. The minimum Gasteiger partial charge on any atom is -0.408 e. The van der Waals surface area contributed by atoms with E-state index in [1.807, 2.05) is 66.7 Å². The van der Waals surface area contributed by atoms with E-state index in [1.54, 1.807) is 24.3 Å². The highest BCUT2D eigenvalue weighted by molar-refractivity contribution is 8.55. The van der Waals surface area contributed by atoms with Gasteiger partial charge in [-0.05, 0) is 51.9 Å². The first-order valence-corrected chi connectivity index (χ1v) is 12.9. The molecule has 0 unspecified atom stereocenters. The van der Waals surface area contributed by atoms with Crippen molar-refractivity contribution in [2.24, 2.45) is 0 Å². The van der Waals surface area contributed by atoms with Crippen molar-refractivity contribution in [2.75, 3.05) is 0 Å². The van der Waals surface area contributed by atoms with Gasteiger partial charge in [-0.25, -0.2) is 4.57 Å². The smallest absolute Gasteiger partial charge is 0.408 e. The van der Waals surface area contributed by atoms with Crippen LogP contribution in [0.2, 0.25) is 0 Å². The standard InChI is InChI=1S/C26H19O3PS/c27-30(28-21-12-3-1-4-13-21,29-22-14-5-2-6-15-22)31-26-19-20-11-7-8-16-23(20)24-17-9-10-18-25(24)26/h1-19H. The van der Waals surface area contributed by atoms with Crippen molar-refractivity contribution in [1.82, 2.24) is 0 Å². The van der Waals surface area contributed by atoms with Gasteiger partial charge in [0, 0.05) is 16.3 Å². The molecule has 5 aromatic carbocycles. The lowest BCUT2D eigenvalue weighted by molar-refractivity contribution is 0.408. The minimum atomic E-state index is -3.65. The third kappa shape index (κ3) is 4.32. The number of hydrogen-bond acceptors (Lipinski definition) is 4. The van der Waals surface area contributed by atoms with Crippen LogP contribution in [-0.4, -0.2) is 0 Å². The number of hydrogen-bond donors (Lipinski definition) is 0. The van der Waals surface area contributed by atoms with Gasteiger partial charge in [-0.3, -0.25) is 0 Å². The summed E-state index contributed by atoms with van der Waals surface area (Å²) in [5, 5.41) is 4.36. The maximum atomic E-state index is 14.0. The first kappa shape index (κ1) is 19.7. The van der Waals surface area contributed by atoms with Crippen LogP contribution in [0.1, 0.15) is 0 Å². The van der Waals surface area contributed by atoms with Gasteiger partial charge in [-0.1, -0.05) is 84.9 Å². The first-order chi connectivity index (χ1) is 15.2. The Morgan fingerprint density at radius 1 is 0.548 bits per heavy atom. The summed E-state index contributed by atoms with van der Waals surface area (Å²) in [6.45, 7) is -3.65. The zero-order valence-electron chi connectivity index (χ0n) is 16.5. The van der Waals surface area contributed by atoms with Crippen molar-refractivity contribution in [2.45, 2.75) is 4.90 Å². The molecule has 0 amide bonds. The van der Waals surface area contributed by atoms with Gasteiger partial charge >= 0.3 is 6.80 Å². The van der Waals surface area contributed by atoms with Gasteiger partial charge in [0.1, 0.15) is 11.5 Å². The lowest BCUT2D eigenvalue weighted by Crippen LogP contribution is -1.98. The van der Waals surface area contributed by atoms with Gasteiger partial charge in [0.2, 0.25) is 0 Å². The van der Waals surface area contributed by atoms with Crippen molar-refractivity contribution in [1.29, 1.82) is 0 Å². The third-order valence-corrected chi connectivity index (χ3v) is 8.20. The molecule has 3 nitrogen and oxygen atoms in total. The Labute approximate surface area is 184 Å². The summed E-state index contributed by atoms with van der Waals surface area (Å²) >= 11 is 1.14. The highest BCUT2D eigenvalue weighted by Gasteiger charge is 2.31. The molecule has 0 aliphatic heterocycles. The van der Waals surface area contributed by atoms with E-state index in [-0.39, 0.29) is 0 Å². The second-order valence-corrected chi connectivity index (χ2v) is 10.8. The van der Waals surface area contributed by atoms with Crippen LogP contribution in [0.3, 0.4) is 0 Å². The van der Waals surface area contributed by atoms with Crippen molar-refractivity contribution in [3.8, 4) is 11.5 Å². The van der Waals surface area contributed by atoms with E-state index in [2.05, 4.69) is 24.3 Å². The minimum absolute atomic E-state index is 0.499. The maximum absolute atomic E-state index is 14.0. The molecule has 0 heterocycles. The van der Waals surface area contributed by atoms with Gasteiger partial charge in [0.05, 0.1) is 0 Å². The Hall–Kier alpha value is -3.20. The fourth-order valence-electron chi connectivity index (χ4n) is 3.49. The molecule has 0 fully saturated rings. The fraction of sp³-hybridized carbons (Fsp3) is 0. The summed E-state index contributed by atoms with van der Waals surface area (Å²) in [6, 6.07) is 36.7.